The van der Waals surface area contributed by atoms with Gasteiger partial charge in [-0.25, -0.2) is 0 Å². The van der Waals surface area contributed by atoms with Crippen molar-refractivity contribution < 1.29 is 4.79 Å². The summed E-state index contributed by atoms with van der Waals surface area (Å²) in [7, 11) is 0. The molecule has 0 aromatic heterocycles. The highest BCUT2D eigenvalue weighted by atomic mass is 35.5. The first-order valence-corrected chi connectivity index (χ1v) is 6.09. The lowest BCUT2D eigenvalue weighted by Crippen LogP contribution is -2.02. The van der Waals surface area contributed by atoms with Crippen molar-refractivity contribution in [3.05, 3.63) is 70.7 Å². The Morgan fingerprint density at radius 1 is 1.06 bits per heavy atom. The van der Waals surface area contributed by atoms with Gasteiger partial charge in [-0.15, -0.1) is 0 Å². The molecule has 2 aromatic carbocycles. The van der Waals surface area contributed by atoms with Crippen LogP contribution in [-0.4, -0.2) is 12.8 Å². The molecule has 0 aliphatic carbocycles. The average Bonchev–Trinajstić information content (AvgIpc) is 2.41. The Kier molecular flexibility index (Phi) is 6.77. The van der Waals surface area contributed by atoms with Crippen LogP contribution in [0.4, 0.5) is 0 Å². The lowest BCUT2D eigenvalue weighted by atomic mass is 10.2. The number of hydrogen-bond donors (Lipinski definition) is 1. The molecular weight excluding hydrogens is 246 g/mol. The normalized spacial score (nSPS) is 9.22. The van der Waals surface area contributed by atoms with E-state index in [9.17, 15) is 4.79 Å². The third kappa shape index (κ3) is 5.62. The SMILES string of the molecule is NCCc1cccc(Cl)c1.O=Cc1ccccc1. The van der Waals surface area contributed by atoms with Gasteiger partial charge in [0.05, 0.1) is 0 Å². The molecule has 2 N–H and O–H groups in total. The first-order valence-electron chi connectivity index (χ1n) is 5.71. The van der Waals surface area contributed by atoms with Crippen molar-refractivity contribution in [2.24, 2.45) is 5.73 Å². The molecule has 0 amide bonds. The van der Waals surface area contributed by atoms with Crippen LogP contribution in [0.3, 0.4) is 0 Å². The highest BCUT2D eigenvalue weighted by Crippen LogP contribution is 2.10. The molecule has 94 valence electrons. The number of benzene rings is 2. The fourth-order valence-electron chi connectivity index (χ4n) is 1.39. The van der Waals surface area contributed by atoms with E-state index in [4.69, 9.17) is 17.3 Å². The summed E-state index contributed by atoms with van der Waals surface area (Å²) in [6, 6.07) is 16.9. The summed E-state index contributed by atoms with van der Waals surface area (Å²) in [4.78, 5) is 10.0. The molecule has 2 aromatic rings. The van der Waals surface area contributed by atoms with Gasteiger partial charge in [-0.1, -0.05) is 54.1 Å². The molecule has 0 heterocycles. The fraction of sp³-hybridized carbons (Fsp3) is 0.133. The number of aldehydes is 1. The van der Waals surface area contributed by atoms with Crippen molar-refractivity contribution in [1.29, 1.82) is 0 Å². The minimum atomic E-state index is 0.681. The monoisotopic (exact) mass is 261 g/mol. The van der Waals surface area contributed by atoms with Crippen molar-refractivity contribution >= 4 is 17.9 Å². The van der Waals surface area contributed by atoms with E-state index in [-0.39, 0.29) is 0 Å². The van der Waals surface area contributed by atoms with Crippen LogP contribution >= 0.6 is 11.6 Å². The number of hydrogen-bond acceptors (Lipinski definition) is 2. The molecule has 0 unspecified atom stereocenters. The molecule has 0 aliphatic rings. The fourth-order valence-corrected chi connectivity index (χ4v) is 1.60. The third-order valence-electron chi connectivity index (χ3n) is 2.26. The van der Waals surface area contributed by atoms with Gasteiger partial charge in [0.25, 0.3) is 0 Å². The number of rotatable bonds is 3. The molecule has 18 heavy (non-hydrogen) atoms. The van der Waals surface area contributed by atoms with Crippen molar-refractivity contribution in [3.63, 3.8) is 0 Å². The third-order valence-corrected chi connectivity index (χ3v) is 2.49. The number of nitrogens with two attached hydrogens (primary N) is 1. The van der Waals surface area contributed by atoms with Crippen LogP contribution < -0.4 is 5.73 Å². The maximum Gasteiger partial charge on any atom is 0.150 e. The van der Waals surface area contributed by atoms with Gasteiger partial charge in [-0.3, -0.25) is 4.79 Å². The van der Waals surface area contributed by atoms with E-state index in [2.05, 4.69) is 0 Å². The minimum Gasteiger partial charge on any atom is -0.330 e. The number of halogens is 1. The van der Waals surface area contributed by atoms with Crippen LogP contribution in [0.1, 0.15) is 15.9 Å². The van der Waals surface area contributed by atoms with Crippen molar-refractivity contribution in [3.8, 4) is 0 Å². The topological polar surface area (TPSA) is 43.1 Å². The molecule has 0 fully saturated rings. The summed E-state index contributed by atoms with van der Waals surface area (Å²) in [6.07, 6.45) is 1.74. The molecule has 2 nitrogen and oxygen atoms in total. The lowest BCUT2D eigenvalue weighted by Gasteiger charge is -1.96. The molecule has 0 atom stereocenters. The Morgan fingerprint density at radius 2 is 1.78 bits per heavy atom. The summed E-state index contributed by atoms with van der Waals surface area (Å²) in [5, 5.41) is 0.783. The van der Waals surface area contributed by atoms with Crippen molar-refractivity contribution in [2.45, 2.75) is 6.42 Å². The zero-order valence-electron chi connectivity index (χ0n) is 10.1. The Balaban J connectivity index is 0.000000184. The Bertz CT molecular complexity index is 471. The van der Waals surface area contributed by atoms with E-state index in [1.807, 2.05) is 42.5 Å². The number of carbonyl (C=O) groups excluding carboxylic acids is 1. The molecule has 3 heteroatoms. The van der Waals surface area contributed by atoms with Gasteiger partial charge in [0.2, 0.25) is 0 Å². The van der Waals surface area contributed by atoms with Gasteiger partial charge in [-0.2, -0.15) is 0 Å². The van der Waals surface area contributed by atoms with Gasteiger partial charge in [0, 0.05) is 10.6 Å². The Morgan fingerprint density at radius 3 is 2.28 bits per heavy atom. The van der Waals surface area contributed by atoms with E-state index in [1.54, 1.807) is 12.1 Å². The highest BCUT2D eigenvalue weighted by Gasteiger charge is 1.90. The van der Waals surface area contributed by atoms with Crippen LogP contribution in [0.15, 0.2) is 54.6 Å². The Labute approximate surface area is 112 Å². The quantitative estimate of drug-likeness (QED) is 0.861. The van der Waals surface area contributed by atoms with Gasteiger partial charge in [-0.05, 0) is 30.7 Å². The molecule has 0 spiro atoms. The minimum absolute atomic E-state index is 0.681. The predicted molar refractivity (Wildman–Crippen MR) is 76.0 cm³/mol. The van der Waals surface area contributed by atoms with E-state index in [0.29, 0.717) is 6.54 Å². The first kappa shape index (κ1) is 14.4. The van der Waals surface area contributed by atoms with Gasteiger partial charge in [0.15, 0.2) is 0 Å². The summed E-state index contributed by atoms with van der Waals surface area (Å²) in [5.74, 6) is 0. The van der Waals surface area contributed by atoms with Crippen LogP contribution in [0.2, 0.25) is 5.02 Å². The summed E-state index contributed by atoms with van der Waals surface area (Å²) in [5.41, 5.74) is 7.30. The van der Waals surface area contributed by atoms with Crippen molar-refractivity contribution in [1.82, 2.24) is 0 Å². The van der Waals surface area contributed by atoms with Crippen LogP contribution in [0, 0.1) is 0 Å². The summed E-state index contributed by atoms with van der Waals surface area (Å²) in [6.45, 7) is 0.681. The zero-order chi connectivity index (χ0) is 13.2. The van der Waals surface area contributed by atoms with Gasteiger partial charge in [0.1, 0.15) is 6.29 Å². The maximum atomic E-state index is 10.0. The number of carbonyl (C=O) groups is 1. The van der Waals surface area contributed by atoms with E-state index >= 15 is 0 Å². The van der Waals surface area contributed by atoms with Gasteiger partial charge >= 0.3 is 0 Å². The standard InChI is InChI=1S/C8H10ClN.C7H6O/c9-8-3-1-2-7(6-8)4-5-10;8-6-7-4-2-1-3-5-7/h1-3,6H,4-5,10H2;1-6H. The highest BCUT2D eigenvalue weighted by molar-refractivity contribution is 6.30. The van der Waals surface area contributed by atoms with E-state index in [0.717, 1.165) is 23.3 Å². The molecule has 0 saturated heterocycles. The molecular formula is C15H16ClNO. The first-order chi connectivity index (χ1) is 8.76. The summed E-state index contributed by atoms with van der Waals surface area (Å²) >= 11 is 5.74. The van der Waals surface area contributed by atoms with E-state index < -0.39 is 0 Å². The predicted octanol–water partition coefficient (Wildman–Crippen LogP) is 3.34. The maximum absolute atomic E-state index is 10.0. The van der Waals surface area contributed by atoms with Crippen molar-refractivity contribution in [2.75, 3.05) is 6.54 Å². The molecule has 0 aliphatic heterocycles. The van der Waals surface area contributed by atoms with Crippen LogP contribution in [0.25, 0.3) is 0 Å². The van der Waals surface area contributed by atoms with Crippen LogP contribution in [0.5, 0.6) is 0 Å². The lowest BCUT2D eigenvalue weighted by molar-refractivity contribution is 0.112. The molecule has 0 radical (unpaired) electrons. The molecule has 0 bridgehead atoms. The second kappa shape index (κ2) is 8.45. The Hall–Kier alpha value is -1.64. The average molecular weight is 262 g/mol. The second-order valence-electron chi connectivity index (χ2n) is 3.70. The second-order valence-corrected chi connectivity index (χ2v) is 4.13. The molecule has 0 saturated carbocycles. The van der Waals surface area contributed by atoms with Gasteiger partial charge < -0.3 is 5.73 Å². The molecule has 2 rings (SSSR count). The summed E-state index contributed by atoms with van der Waals surface area (Å²) < 4.78 is 0. The smallest absolute Gasteiger partial charge is 0.150 e. The zero-order valence-corrected chi connectivity index (χ0v) is 10.8. The largest absolute Gasteiger partial charge is 0.330 e. The van der Waals surface area contributed by atoms with Crippen LogP contribution in [-0.2, 0) is 6.42 Å². The van der Waals surface area contributed by atoms with E-state index in [1.165, 1.54) is 5.56 Å².